The Labute approximate surface area is 139 Å². The van der Waals surface area contributed by atoms with E-state index in [-0.39, 0.29) is 0 Å². The molecule has 0 aromatic carbocycles. The van der Waals surface area contributed by atoms with Crippen molar-refractivity contribution in [3.63, 3.8) is 0 Å². The lowest BCUT2D eigenvalue weighted by atomic mass is 9.95. The lowest BCUT2D eigenvalue weighted by molar-refractivity contribution is -0.136. The van der Waals surface area contributed by atoms with E-state index >= 15 is 0 Å². The number of anilines is 1. The highest BCUT2D eigenvalue weighted by Gasteiger charge is 2.29. The number of hydrogen-bond donors (Lipinski definition) is 0. The first-order valence-corrected chi connectivity index (χ1v) is 8.81. The second kappa shape index (κ2) is 7.30. The Hall–Kier alpha value is -1.62. The molecule has 1 aromatic heterocycles. The molecule has 0 N–H and O–H groups in total. The first-order chi connectivity index (χ1) is 11.1. The van der Waals surface area contributed by atoms with E-state index in [4.69, 9.17) is 0 Å². The predicted octanol–water partition coefficient (Wildman–Crippen LogP) is 1.85. The molecule has 0 saturated carbocycles. The zero-order valence-corrected chi connectivity index (χ0v) is 14.3. The Morgan fingerprint density at radius 2 is 2.00 bits per heavy atom. The Morgan fingerprint density at radius 1 is 1.22 bits per heavy atom. The van der Waals surface area contributed by atoms with Gasteiger partial charge in [-0.05, 0) is 38.3 Å². The van der Waals surface area contributed by atoms with Gasteiger partial charge >= 0.3 is 0 Å². The number of amides is 1. The largest absolute Gasteiger partial charge is 0.354 e. The van der Waals surface area contributed by atoms with Gasteiger partial charge in [0.25, 0.3) is 0 Å². The molecule has 0 aliphatic carbocycles. The quantitative estimate of drug-likeness (QED) is 0.850. The maximum atomic E-state index is 12.0. The van der Waals surface area contributed by atoms with E-state index in [1.165, 1.54) is 0 Å². The minimum Gasteiger partial charge on any atom is -0.354 e. The number of likely N-dealkylation sites (tertiary alicyclic amines) is 1. The molecule has 1 aromatic rings. The molecule has 1 amide bonds. The highest BCUT2D eigenvalue weighted by Crippen LogP contribution is 2.21. The Kier molecular flexibility index (Phi) is 5.16. The standard InChI is InChI=1S/C18H28N4O/c1-15(2)22-14-16(6-7-18(22)23)13-20-9-11-21(12-10-20)17-5-3-4-8-19-17/h3-5,8,15-16H,6-7,9-14H2,1-2H3. The van der Waals surface area contributed by atoms with Crippen LogP contribution in [0.4, 0.5) is 5.82 Å². The van der Waals surface area contributed by atoms with Crippen LogP contribution in [0.15, 0.2) is 24.4 Å². The van der Waals surface area contributed by atoms with Crippen molar-refractivity contribution in [2.75, 3.05) is 44.2 Å². The van der Waals surface area contributed by atoms with Crippen LogP contribution in [-0.4, -0.2) is 66.0 Å². The molecule has 23 heavy (non-hydrogen) atoms. The second-order valence-electron chi connectivity index (χ2n) is 7.02. The van der Waals surface area contributed by atoms with Crippen LogP contribution in [-0.2, 0) is 4.79 Å². The van der Waals surface area contributed by atoms with Gasteiger partial charge in [-0.2, -0.15) is 0 Å². The van der Waals surface area contributed by atoms with Crippen molar-refractivity contribution in [1.29, 1.82) is 0 Å². The SMILES string of the molecule is CC(C)N1CC(CN2CCN(c3ccccn3)CC2)CCC1=O. The molecule has 3 heterocycles. The molecule has 0 spiro atoms. The number of hydrogen-bond acceptors (Lipinski definition) is 4. The van der Waals surface area contributed by atoms with Crippen molar-refractivity contribution < 1.29 is 4.79 Å². The third-order valence-corrected chi connectivity index (χ3v) is 5.03. The molecule has 2 fully saturated rings. The molecular weight excluding hydrogens is 288 g/mol. The van der Waals surface area contributed by atoms with Crippen LogP contribution in [0.3, 0.4) is 0 Å². The molecule has 1 unspecified atom stereocenters. The van der Waals surface area contributed by atoms with Gasteiger partial charge in [-0.25, -0.2) is 4.98 Å². The van der Waals surface area contributed by atoms with Crippen molar-refractivity contribution in [3.8, 4) is 0 Å². The maximum Gasteiger partial charge on any atom is 0.222 e. The molecule has 0 radical (unpaired) electrons. The van der Waals surface area contributed by atoms with Crippen molar-refractivity contribution in [2.45, 2.75) is 32.7 Å². The third kappa shape index (κ3) is 4.02. The van der Waals surface area contributed by atoms with Gasteiger partial charge in [0.05, 0.1) is 0 Å². The van der Waals surface area contributed by atoms with Crippen LogP contribution in [0, 0.1) is 5.92 Å². The number of carbonyl (C=O) groups excluding carboxylic acids is 1. The molecule has 5 heteroatoms. The number of piperidine rings is 1. The van der Waals surface area contributed by atoms with E-state index in [1.54, 1.807) is 0 Å². The molecule has 2 saturated heterocycles. The fourth-order valence-corrected chi connectivity index (χ4v) is 3.66. The maximum absolute atomic E-state index is 12.0. The number of carbonyl (C=O) groups is 1. The molecule has 2 aliphatic rings. The van der Waals surface area contributed by atoms with E-state index in [0.717, 1.165) is 57.9 Å². The van der Waals surface area contributed by atoms with E-state index in [0.29, 0.717) is 17.9 Å². The monoisotopic (exact) mass is 316 g/mol. The summed E-state index contributed by atoms with van der Waals surface area (Å²) in [5, 5.41) is 0. The van der Waals surface area contributed by atoms with Crippen molar-refractivity contribution in [1.82, 2.24) is 14.8 Å². The predicted molar refractivity (Wildman–Crippen MR) is 92.5 cm³/mol. The number of piperazine rings is 1. The first-order valence-electron chi connectivity index (χ1n) is 8.81. The van der Waals surface area contributed by atoms with Gasteiger partial charge < -0.3 is 9.80 Å². The zero-order valence-electron chi connectivity index (χ0n) is 14.3. The third-order valence-electron chi connectivity index (χ3n) is 5.03. The Bertz CT molecular complexity index is 511. The van der Waals surface area contributed by atoms with E-state index < -0.39 is 0 Å². The number of pyridine rings is 1. The summed E-state index contributed by atoms with van der Waals surface area (Å²) in [4.78, 5) is 23.4. The summed E-state index contributed by atoms with van der Waals surface area (Å²) in [6, 6.07) is 6.42. The van der Waals surface area contributed by atoms with Crippen molar-refractivity contribution >= 4 is 11.7 Å². The molecule has 126 valence electrons. The Morgan fingerprint density at radius 3 is 2.65 bits per heavy atom. The fraction of sp³-hybridized carbons (Fsp3) is 0.667. The summed E-state index contributed by atoms with van der Waals surface area (Å²) in [5.41, 5.74) is 0. The summed E-state index contributed by atoms with van der Waals surface area (Å²) in [7, 11) is 0. The molecule has 2 aliphatic heterocycles. The molecule has 0 bridgehead atoms. The molecule has 1 atom stereocenters. The van der Waals surface area contributed by atoms with Crippen LogP contribution in [0.2, 0.25) is 0 Å². The Balaban J connectivity index is 1.48. The van der Waals surface area contributed by atoms with Gasteiger partial charge in [-0.3, -0.25) is 9.69 Å². The van der Waals surface area contributed by atoms with Crippen LogP contribution in [0.5, 0.6) is 0 Å². The highest BCUT2D eigenvalue weighted by atomic mass is 16.2. The van der Waals surface area contributed by atoms with Crippen LogP contribution in [0.25, 0.3) is 0 Å². The van der Waals surface area contributed by atoms with Crippen LogP contribution in [0.1, 0.15) is 26.7 Å². The second-order valence-corrected chi connectivity index (χ2v) is 7.02. The average molecular weight is 316 g/mol. The lowest BCUT2D eigenvalue weighted by Crippen LogP contribution is -2.51. The molecular formula is C18H28N4O. The van der Waals surface area contributed by atoms with Crippen molar-refractivity contribution in [2.24, 2.45) is 5.92 Å². The van der Waals surface area contributed by atoms with Crippen molar-refractivity contribution in [3.05, 3.63) is 24.4 Å². The molecule has 5 nitrogen and oxygen atoms in total. The van der Waals surface area contributed by atoms with E-state index in [2.05, 4.69) is 39.6 Å². The summed E-state index contributed by atoms with van der Waals surface area (Å²) >= 11 is 0. The van der Waals surface area contributed by atoms with Gasteiger partial charge in [-0.1, -0.05) is 6.07 Å². The first kappa shape index (κ1) is 16.2. The van der Waals surface area contributed by atoms with Gasteiger partial charge in [-0.15, -0.1) is 0 Å². The van der Waals surface area contributed by atoms with E-state index in [1.807, 2.05) is 18.3 Å². The summed E-state index contributed by atoms with van der Waals surface area (Å²) in [6.07, 6.45) is 3.63. The summed E-state index contributed by atoms with van der Waals surface area (Å²) < 4.78 is 0. The van der Waals surface area contributed by atoms with Crippen LogP contribution < -0.4 is 4.90 Å². The van der Waals surface area contributed by atoms with Crippen LogP contribution >= 0.6 is 0 Å². The molecule has 3 rings (SSSR count). The highest BCUT2D eigenvalue weighted by molar-refractivity contribution is 5.77. The topological polar surface area (TPSA) is 39.7 Å². The summed E-state index contributed by atoms with van der Waals surface area (Å²) in [5.74, 6) is 2.04. The van der Waals surface area contributed by atoms with E-state index in [9.17, 15) is 4.79 Å². The minimum atomic E-state index is 0.325. The van der Waals surface area contributed by atoms with Gasteiger partial charge in [0.15, 0.2) is 0 Å². The number of rotatable bonds is 4. The number of aromatic nitrogens is 1. The lowest BCUT2D eigenvalue weighted by Gasteiger charge is -2.40. The summed E-state index contributed by atoms with van der Waals surface area (Å²) in [6.45, 7) is 10.5. The van der Waals surface area contributed by atoms with Gasteiger partial charge in [0.1, 0.15) is 5.82 Å². The number of nitrogens with zero attached hydrogens (tertiary/aromatic N) is 4. The minimum absolute atomic E-state index is 0.325. The fourth-order valence-electron chi connectivity index (χ4n) is 3.66. The zero-order chi connectivity index (χ0) is 16.2. The normalized spacial score (nSPS) is 23.6. The smallest absolute Gasteiger partial charge is 0.222 e. The van der Waals surface area contributed by atoms with Gasteiger partial charge in [0.2, 0.25) is 5.91 Å². The average Bonchev–Trinajstić information content (AvgIpc) is 2.58. The van der Waals surface area contributed by atoms with Gasteiger partial charge in [0, 0.05) is 57.9 Å².